The molecule has 11 heteroatoms. The third-order valence-corrected chi connectivity index (χ3v) is 12.7. The molecule has 0 aromatic rings. The molecule has 11 nitrogen and oxygen atoms in total. The Morgan fingerprint density at radius 1 is 0.962 bits per heavy atom. The molecular weight excluding hydrogens is 670 g/mol. The lowest BCUT2D eigenvalue weighted by Crippen LogP contribution is -2.81. The number of nitrogens with zero attached hydrogens (tertiary/aromatic N) is 1. The monoisotopic (exact) mass is 746 g/mol. The first kappa shape index (κ1) is 42.5. The fourth-order valence-corrected chi connectivity index (χ4v) is 9.77. The van der Waals surface area contributed by atoms with Gasteiger partial charge in [-0.1, -0.05) is 89.7 Å². The summed E-state index contributed by atoms with van der Waals surface area (Å²) >= 11 is 0. The maximum Gasteiger partial charge on any atom is 0.315 e. The number of hydrogen-bond acceptors (Lipinski definition) is 10. The molecule has 0 saturated carbocycles. The minimum absolute atomic E-state index is 0.0822. The van der Waals surface area contributed by atoms with Gasteiger partial charge in [-0.05, 0) is 90.5 Å². The van der Waals surface area contributed by atoms with E-state index in [1.54, 1.807) is 0 Å². The van der Waals surface area contributed by atoms with E-state index in [1.165, 1.54) is 57.8 Å². The fourth-order valence-electron chi connectivity index (χ4n) is 9.77. The van der Waals surface area contributed by atoms with Crippen molar-refractivity contribution in [1.29, 1.82) is 0 Å². The summed E-state index contributed by atoms with van der Waals surface area (Å²) in [5.74, 6) is -0.689. The van der Waals surface area contributed by atoms with Crippen molar-refractivity contribution >= 4 is 11.9 Å². The molecule has 2 spiro atoms. The van der Waals surface area contributed by atoms with Crippen LogP contribution in [0.5, 0.6) is 0 Å². The van der Waals surface area contributed by atoms with Crippen LogP contribution in [0.1, 0.15) is 168 Å². The van der Waals surface area contributed by atoms with Crippen molar-refractivity contribution in [2.75, 3.05) is 19.7 Å². The molecule has 0 aromatic heterocycles. The molecule has 0 aliphatic carbocycles. The van der Waals surface area contributed by atoms with E-state index in [-0.39, 0.29) is 48.1 Å². The summed E-state index contributed by atoms with van der Waals surface area (Å²) in [5, 5.41) is 20.5. The van der Waals surface area contributed by atoms with Crippen LogP contribution in [0, 0.1) is 5.92 Å². The molecule has 0 radical (unpaired) electrons. The Kier molecular flexibility index (Phi) is 17.4. The Hall–Kier alpha value is -1.60. The average molecular weight is 746 g/mol. The van der Waals surface area contributed by atoms with Gasteiger partial charge in [0.1, 0.15) is 29.8 Å². The number of allylic oxidation sites excluding steroid dienone is 1. The molecule has 4 saturated heterocycles. The number of carbonyl (C=O) groups is 2. The maximum absolute atomic E-state index is 14.1. The predicted molar refractivity (Wildman–Crippen MR) is 208 cm³/mol. The SMILES string of the molecule is CCC1C=CCCC2(CC3CCC4C(C(=O)OC(C)CCCCCCCCCCCCCCC(O)C(=O)NCCCN)C5(CCCCO5)NC(N2)N34)O1. The Balaban J connectivity index is 0.955. The van der Waals surface area contributed by atoms with Crippen LogP contribution in [0.3, 0.4) is 0 Å². The summed E-state index contributed by atoms with van der Waals surface area (Å²) in [7, 11) is 0. The van der Waals surface area contributed by atoms with Crippen LogP contribution in [-0.4, -0.2) is 89.7 Å². The number of unbranched alkanes of at least 4 members (excludes halogenated alkanes) is 11. The smallest absolute Gasteiger partial charge is 0.315 e. The molecule has 5 aliphatic heterocycles. The van der Waals surface area contributed by atoms with Gasteiger partial charge in [0.2, 0.25) is 5.91 Å². The maximum atomic E-state index is 14.1. The van der Waals surface area contributed by atoms with Gasteiger partial charge in [-0.2, -0.15) is 0 Å². The van der Waals surface area contributed by atoms with E-state index in [0.29, 0.717) is 32.2 Å². The number of nitrogens with two attached hydrogens (primary N) is 1. The first-order valence-corrected chi connectivity index (χ1v) is 22.0. The van der Waals surface area contributed by atoms with Gasteiger partial charge in [0.05, 0.1) is 12.2 Å². The number of hydrogen-bond donors (Lipinski definition) is 5. The van der Waals surface area contributed by atoms with Gasteiger partial charge in [0.15, 0.2) is 0 Å². The highest BCUT2D eigenvalue weighted by Gasteiger charge is 2.63. The van der Waals surface area contributed by atoms with Crippen molar-refractivity contribution in [2.24, 2.45) is 11.7 Å². The highest BCUT2D eigenvalue weighted by Crippen LogP contribution is 2.48. The summed E-state index contributed by atoms with van der Waals surface area (Å²) in [6.45, 7) is 6.01. The summed E-state index contributed by atoms with van der Waals surface area (Å²) in [6.07, 6.45) is 28.8. The Bertz CT molecular complexity index is 1140. The molecule has 0 aromatic carbocycles. The lowest BCUT2D eigenvalue weighted by Gasteiger charge is -2.60. The Labute approximate surface area is 320 Å². The highest BCUT2D eigenvalue weighted by molar-refractivity contribution is 5.80. The van der Waals surface area contributed by atoms with E-state index in [2.05, 4.69) is 46.8 Å². The first-order chi connectivity index (χ1) is 25.8. The number of carbonyl (C=O) groups excluding carboxylic acids is 2. The zero-order chi connectivity index (χ0) is 37.5. The molecule has 5 rings (SSSR count). The number of esters is 1. The number of amides is 1. The standard InChI is InChI=1S/C42H75N5O6/c1-3-34-22-16-17-26-41(53-34)31-33-24-25-35-37(42(27-18-19-30-51-42)46-40(45-41)47(33)35)39(50)52-32(2)21-14-12-10-8-6-4-5-7-9-11-13-15-23-36(48)38(49)44-29-20-28-43/h16,22,32-37,40,45-46,48H,3-15,17-21,23-31,43H2,1-2H3,(H,44,49). The summed E-state index contributed by atoms with van der Waals surface area (Å²) in [4.78, 5) is 28.5. The molecule has 9 atom stereocenters. The van der Waals surface area contributed by atoms with Gasteiger partial charge in [-0.15, -0.1) is 0 Å². The first-order valence-electron chi connectivity index (χ1n) is 22.0. The second-order valence-corrected chi connectivity index (χ2v) is 16.9. The molecule has 1 amide bonds. The van der Waals surface area contributed by atoms with Crippen LogP contribution < -0.4 is 21.7 Å². The minimum atomic E-state index is -0.896. The highest BCUT2D eigenvalue weighted by atomic mass is 16.6. The zero-order valence-electron chi connectivity index (χ0n) is 33.3. The van der Waals surface area contributed by atoms with E-state index in [1.807, 2.05) is 0 Å². The number of nitrogens with one attached hydrogen (secondary N) is 3. The van der Waals surface area contributed by atoms with Gasteiger partial charge in [-0.3, -0.25) is 25.1 Å². The second-order valence-electron chi connectivity index (χ2n) is 16.9. The van der Waals surface area contributed by atoms with Crippen molar-refractivity contribution in [3.63, 3.8) is 0 Å². The minimum Gasteiger partial charge on any atom is -0.462 e. The number of ether oxygens (including phenoxy) is 3. The molecule has 0 bridgehead atoms. The molecule has 9 unspecified atom stereocenters. The van der Waals surface area contributed by atoms with Crippen molar-refractivity contribution in [2.45, 2.75) is 216 Å². The van der Waals surface area contributed by atoms with Crippen LogP contribution in [0.4, 0.5) is 0 Å². The topological polar surface area (TPSA) is 147 Å². The number of aliphatic hydroxyl groups is 1. The van der Waals surface area contributed by atoms with Gasteiger partial charge in [0, 0.05) is 31.7 Å². The third-order valence-electron chi connectivity index (χ3n) is 12.7. The molecule has 6 N–H and O–H groups in total. The second kappa shape index (κ2) is 21.6. The number of aliphatic hydroxyl groups excluding tert-OH is 1. The molecule has 53 heavy (non-hydrogen) atoms. The summed E-state index contributed by atoms with van der Waals surface area (Å²) < 4.78 is 19.7. The van der Waals surface area contributed by atoms with Crippen LogP contribution in [0.15, 0.2) is 12.2 Å². The van der Waals surface area contributed by atoms with E-state index < -0.39 is 11.8 Å². The average Bonchev–Trinajstić information content (AvgIpc) is 3.45. The van der Waals surface area contributed by atoms with Gasteiger partial charge in [0.25, 0.3) is 0 Å². The Morgan fingerprint density at radius 2 is 1.66 bits per heavy atom. The largest absolute Gasteiger partial charge is 0.462 e. The zero-order valence-corrected chi connectivity index (χ0v) is 33.3. The lowest BCUT2D eigenvalue weighted by molar-refractivity contribution is -0.245. The van der Waals surface area contributed by atoms with Crippen molar-refractivity contribution in [3.8, 4) is 0 Å². The van der Waals surface area contributed by atoms with Crippen LogP contribution in [0.25, 0.3) is 0 Å². The number of rotatable bonds is 22. The Morgan fingerprint density at radius 3 is 2.32 bits per heavy atom. The van der Waals surface area contributed by atoms with Gasteiger partial charge in [-0.25, -0.2) is 0 Å². The lowest BCUT2D eigenvalue weighted by atomic mass is 9.80. The fraction of sp³-hybridized carbons (Fsp3) is 0.905. The van der Waals surface area contributed by atoms with Crippen LogP contribution in [-0.2, 0) is 23.8 Å². The van der Waals surface area contributed by atoms with E-state index >= 15 is 0 Å². The van der Waals surface area contributed by atoms with E-state index in [0.717, 1.165) is 89.9 Å². The molecular formula is C42H75N5O6. The van der Waals surface area contributed by atoms with Gasteiger partial charge < -0.3 is 30.4 Å². The normalized spacial score (nSPS) is 32.3. The van der Waals surface area contributed by atoms with Crippen molar-refractivity contribution in [1.82, 2.24) is 20.9 Å². The van der Waals surface area contributed by atoms with Crippen LogP contribution in [0.2, 0.25) is 0 Å². The summed E-state index contributed by atoms with van der Waals surface area (Å²) in [6, 6.07) is 0.470. The van der Waals surface area contributed by atoms with E-state index in [9.17, 15) is 14.7 Å². The predicted octanol–water partition coefficient (Wildman–Crippen LogP) is 6.27. The molecule has 5 aliphatic rings. The molecule has 304 valence electrons. The molecule has 4 fully saturated rings. The van der Waals surface area contributed by atoms with Crippen molar-refractivity contribution < 1.29 is 28.9 Å². The summed E-state index contributed by atoms with van der Waals surface area (Å²) in [5.41, 5.74) is 4.37. The quantitative estimate of drug-likeness (QED) is 0.0488. The third kappa shape index (κ3) is 11.9. The van der Waals surface area contributed by atoms with Crippen LogP contribution >= 0.6 is 0 Å². The molecule has 5 heterocycles. The van der Waals surface area contributed by atoms with Gasteiger partial charge >= 0.3 is 5.97 Å². The van der Waals surface area contributed by atoms with Crippen molar-refractivity contribution in [3.05, 3.63) is 12.2 Å². The van der Waals surface area contributed by atoms with E-state index in [4.69, 9.17) is 19.9 Å².